The lowest BCUT2D eigenvalue weighted by molar-refractivity contribution is 0.0936. The number of alkyl halides is 2. The predicted octanol–water partition coefficient (Wildman–Crippen LogP) is 5.03. The number of hydrogen-bond acceptors (Lipinski definition) is 4. The van der Waals surface area contributed by atoms with E-state index < -0.39 is 5.76 Å². The Hall–Kier alpha value is -1.05. The minimum Gasteiger partial charge on any atom is -0.344 e. The number of halogens is 2. The molecule has 1 aliphatic rings. The molecule has 2 aromatic rings. The number of fused-ring (bicyclic) bond motifs is 1. The van der Waals surface area contributed by atoms with Crippen molar-refractivity contribution in [3.63, 3.8) is 0 Å². The molecular formula is C15H13F2NOS3. The summed E-state index contributed by atoms with van der Waals surface area (Å²) in [6.45, 7) is 0. The minimum atomic E-state index is -2.52. The van der Waals surface area contributed by atoms with Gasteiger partial charge in [-0.3, -0.25) is 4.79 Å². The summed E-state index contributed by atoms with van der Waals surface area (Å²) < 4.78 is 25.1. The van der Waals surface area contributed by atoms with Crippen molar-refractivity contribution in [2.45, 2.75) is 28.0 Å². The van der Waals surface area contributed by atoms with E-state index in [4.69, 9.17) is 0 Å². The number of hydrogen-bond donors (Lipinski definition) is 1. The molecule has 0 saturated carbocycles. The van der Waals surface area contributed by atoms with Crippen molar-refractivity contribution < 1.29 is 13.6 Å². The Balaban J connectivity index is 1.77. The Kier molecular flexibility index (Phi) is 5.05. The van der Waals surface area contributed by atoms with Crippen LogP contribution in [0.4, 0.5) is 8.78 Å². The van der Waals surface area contributed by atoms with Gasteiger partial charge in [-0.25, -0.2) is 0 Å². The molecule has 1 amide bonds. The van der Waals surface area contributed by atoms with Crippen LogP contribution < -0.4 is 5.32 Å². The summed E-state index contributed by atoms with van der Waals surface area (Å²) in [5, 5.41) is 4.66. The van der Waals surface area contributed by atoms with Gasteiger partial charge in [-0.05, 0) is 29.5 Å². The Labute approximate surface area is 139 Å². The molecule has 0 radical (unpaired) electrons. The van der Waals surface area contributed by atoms with E-state index >= 15 is 0 Å². The molecule has 0 bridgehead atoms. The highest BCUT2D eigenvalue weighted by atomic mass is 32.2. The van der Waals surface area contributed by atoms with Gasteiger partial charge >= 0.3 is 0 Å². The van der Waals surface area contributed by atoms with Gasteiger partial charge in [0.15, 0.2) is 0 Å². The van der Waals surface area contributed by atoms with Crippen molar-refractivity contribution in [3.8, 4) is 0 Å². The van der Waals surface area contributed by atoms with E-state index in [0.717, 1.165) is 17.7 Å². The van der Waals surface area contributed by atoms with Gasteiger partial charge in [0, 0.05) is 15.5 Å². The molecule has 2 nitrogen and oxygen atoms in total. The fourth-order valence-electron chi connectivity index (χ4n) is 2.37. The van der Waals surface area contributed by atoms with Crippen LogP contribution >= 0.6 is 34.9 Å². The van der Waals surface area contributed by atoms with Crippen LogP contribution in [0, 0.1) is 0 Å². The van der Waals surface area contributed by atoms with Crippen molar-refractivity contribution in [1.82, 2.24) is 5.32 Å². The molecule has 0 aliphatic carbocycles. The summed E-state index contributed by atoms with van der Waals surface area (Å²) in [5.41, 5.74) is 1.10. The average molecular weight is 357 g/mol. The standard InChI is InChI=1S/C15H13F2NOS3/c16-15(17)22-12-6-8-21-13(12)14(19)18-10-5-7-20-11-4-2-1-3-9(10)11/h1-4,6,8,10,15H,5,7H2,(H,18,19). The summed E-state index contributed by atoms with van der Waals surface area (Å²) in [7, 11) is 0. The minimum absolute atomic E-state index is 0.0588. The number of nitrogens with one attached hydrogen (secondary N) is 1. The zero-order valence-electron chi connectivity index (χ0n) is 11.4. The maximum Gasteiger partial charge on any atom is 0.288 e. The quantitative estimate of drug-likeness (QED) is 0.778. The number of amides is 1. The van der Waals surface area contributed by atoms with Crippen molar-refractivity contribution in [1.29, 1.82) is 0 Å². The highest BCUT2D eigenvalue weighted by Crippen LogP contribution is 2.37. The molecule has 1 unspecified atom stereocenters. The Bertz CT molecular complexity index is 674. The number of benzene rings is 1. The zero-order chi connectivity index (χ0) is 15.5. The molecule has 1 aromatic carbocycles. The first kappa shape index (κ1) is 15.8. The van der Waals surface area contributed by atoms with Crippen LogP contribution in [0.1, 0.15) is 27.7 Å². The third kappa shape index (κ3) is 3.47. The molecule has 1 aromatic heterocycles. The lowest BCUT2D eigenvalue weighted by Crippen LogP contribution is -2.30. The summed E-state index contributed by atoms with van der Waals surface area (Å²) in [6, 6.07) is 9.49. The van der Waals surface area contributed by atoms with Crippen LogP contribution in [-0.2, 0) is 0 Å². The van der Waals surface area contributed by atoms with Gasteiger partial charge in [-0.15, -0.1) is 23.1 Å². The fourth-order valence-corrected chi connectivity index (χ4v) is 5.10. The Morgan fingerprint density at radius 3 is 2.95 bits per heavy atom. The number of carbonyl (C=O) groups excluding carboxylic acids is 1. The molecule has 1 atom stereocenters. The highest BCUT2D eigenvalue weighted by Gasteiger charge is 2.24. The van der Waals surface area contributed by atoms with E-state index in [1.54, 1.807) is 23.2 Å². The fraction of sp³-hybridized carbons (Fsp3) is 0.267. The van der Waals surface area contributed by atoms with Gasteiger partial charge in [0.05, 0.1) is 6.04 Å². The number of rotatable bonds is 4. The maximum absolute atomic E-state index is 12.5. The second kappa shape index (κ2) is 7.02. The third-order valence-electron chi connectivity index (χ3n) is 3.32. The van der Waals surface area contributed by atoms with Crippen LogP contribution in [0.3, 0.4) is 0 Å². The molecule has 22 heavy (non-hydrogen) atoms. The monoisotopic (exact) mass is 357 g/mol. The first-order chi connectivity index (χ1) is 10.6. The SMILES string of the molecule is O=C(NC1CCSc2ccccc21)c1sccc1SC(F)F. The molecule has 1 aliphatic heterocycles. The molecule has 1 N–H and O–H groups in total. The van der Waals surface area contributed by atoms with E-state index in [9.17, 15) is 13.6 Å². The third-order valence-corrected chi connectivity index (χ3v) is 6.25. The van der Waals surface area contributed by atoms with Gasteiger partial charge in [-0.2, -0.15) is 8.78 Å². The molecule has 2 heterocycles. The molecule has 0 fully saturated rings. The van der Waals surface area contributed by atoms with E-state index in [2.05, 4.69) is 5.32 Å². The summed E-state index contributed by atoms with van der Waals surface area (Å²) in [6.07, 6.45) is 0.843. The summed E-state index contributed by atoms with van der Waals surface area (Å²) >= 11 is 3.39. The van der Waals surface area contributed by atoms with Crippen molar-refractivity contribution >= 4 is 40.8 Å². The molecule has 0 spiro atoms. The summed E-state index contributed by atoms with van der Waals surface area (Å²) in [4.78, 5) is 14.3. The number of thioether (sulfide) groups is 2. The smallest absolute Gasteiger partial charge is 0.288 e. The van der Waals surface area contributed by atoms with Crippen molar-refractivity contribution in [2.75, 3.05) is 5.75 Å². The largest absolute Gasteiger partial charge is 0.344 e. The highest BCUT2D eigenvalue weighted by molar-refractivity contribution is 7.99. The second-order valence-electron chi connectivity index (χ2n) is 4.69. The predicted molar refractivity (Wildman–Crippen MR) is 88.2 cm³/mol. The van der Waals surface area contributed by atoms with Crippen LogP contribution in [0.25, 0.3) is 0 Å². The van der Waals surface area contributed by atoms with Crippen LogP contribution in [0.15, 0.2) is 45.5 Å². The summed E-state index contributed by atoms with van der Waals surface area (Å²) in [5.74, 6) is -1.86. The molecular weight excluding hydrogens is 344 g/mol. The first-order valence-electron chi connectivity index (χ1n) is 6.70. The number of thiophene rings is 1. The first-order valence-corrected chi connectivity index (χ1v) is 9.44. The van der Waals surface area contributed by atoms with E-state index in [0.29, 0.717) is 21.5 Å². The van der Waals surface area contributed by atoms with Crippen LogP contribution in [-0.4, -0.2) is 17.4 Å². The van der Waals surface area contributed by atoms with Crippen LogP contribution in [0.5, 0.6) is 0 Å². The zero-order valence-corrected chi connectivity index (χ0v) is 13.9. The lowest BCUT2D eigenvalue weighted by Gasteiger charge is -2.25. The van der Waals surface area contributed by atoms with Crippen LogP contribution in [0.2, 0.25) is 0 Å². The molecule has 116 valence electrons. The van der Waals surface area contributed by atoms with E-state index in [1.165, 1.54) is 16.2 Å². The Morgan fingerprint density at radius 1 is 1.32 bits per heavy atom. The van der Waals surface area contributed by atoms with Gasteiger partial charge < -0.3 is 5.32 Å². The van der Waals surface area contributed by atoms with Gasteiger partial charge in [0.25, 0.3) is 11.7 Å². The van der Waals surface area contributed by atoms with Gasteiger partial charge in [0.2, 0.25) is 0 Å². The van der Waals surface area contributed by atoms with E-state index in [-0.39, 0.29) is 11.9 Å². The normalized spacial score (nSPS) is 17.3. The molecule has 0 saturated heterocycles. The Morgan fingerprint density at radius 2 is 2.14 bits per heavy atom. The van der Waals surface area contributed by atoms with Gasteiger partial charge in [-0.1, -0.05) is 30.0 Å². The lowest BCUT2D eigenvalue weighted by atomic mass is 10.0. The van der Waals surface area contributed by atoms with Crippen molar-refractivity contribution in [3.05, 3.63) is 46.2 Å². The average Bonchev–Trinajstić information content (AvgIpc) is 2.95. The topological polar surface area (TPSA) is 29.1 Å². The number of carbonyl (C=O) groups is 1. The van der Waals surface area contributed by atoms with E-state index in [1.807, 2.05) is 24.3 Å². The maximum atomic E-state index is 12.5. The molecule has 3 rings (SSSR count). The molecule has 7 heteroatoms. The van der Waals surface area contributed by atoms with Gasteiger partial charge in [0.1, 0.15) is 4.88 Å². The van der Waals surface area contributed by atoms with Crippen molar-refractivity contribution in [2.24, 2.45) is 0 Å². The second-order valence-corrected chi connectivity index (χ2v) is 7.78.